The Morgan fingerprint density at radius 1 is 0.889 bits per heavy atom. The molecule has 0 nitrogen and oxygen atoms in total. The Morgan fingerprint density at radius 2 is 1.22 bits per heavy atom. The van der Waals surface area contributed by atoms with E-state index in [1.807, 2.05) is 13.8 Å². The van der Waals surface area contributed by atoms with Crippen molar-refractivity contribution >= 4 is 0 Å². The average molecular weight is 250 g/mol. The van der Waals surface area contributed by atoms with E-state index >= 15 is 0 Å². The van der Waals surface area contributed by atoms with Gasteiger partial charge in [-0.1, -0.05) is 65.7 Å². The lowest BCUT2D eigenvalue weighted by Crippen LogP contribution is -1.99. The summed E-state index contributed by atoms with van der Waals surface area (Å²) < 4.78 is 0. The third kappa shape index (κ3) is 6.83. The monoisotopic (exact) mass is 250 g/mol. The van der Waals surface area contributed by atoms with E-state index in [-0.39, 0.29) is 0 Å². The maximum atomic E-state index is 2.31. The molecule has 0 N–H and O–H groups in total. The SMILES string of the molecule is CC.CCC.CCC(C)c1c(C)cc(C)cc1C. The third-order valence-corrected chi connectivity index (χ3v) is 2.84. The molecule has 0 aliphatic rings. The zero-order valence-electron chi connectivity index (χ0n) is 14.1. The van der Waals surface area contributed by atoms with Crippen molar-refractivity contribution in [2.75, 3.05) is 0 Å². The van der Waals surface area contributed by atoms with Gasteiger partial charge in [-0.05, 0) is 49.8 Å². The Balaban J connectivity index is 0. The van der Waals surface area contributed by atoms with Gasteiger partial charge >= 0.3 is 0 Å². The van der Waals surface area contributed by atoms with Crippen molar-refractivity contribution in [3.8, 4) is 0 Å². The van der Waals surface area contributed by atoms with E-state index in [4.69, 9.17) is 0 Å². The normalized spacial score (nSPS) is 10.7. The second-order valence-electron chi connectivity index (χ2n) is 4.83. The first-order valence-corrected chi connectivity index (χ1v) is 7.55. The van der Waals surface area contributed by atoms with Gasteiger partial charge < -0.3 is 0 Å². The molecule has 0 saturated carbocycles. The van der Waals surface area contributed by atoms with E-state index in [1.165, 1.54) is 29.5 Å². The molecule has 0 saturated heterocycles. The second kappa shape index (κ2) is 11.3. The van der Waals surface area contributed by atoms with Gasteiger partial charge in [0.2, 0.25) is 0 Å². The van der Waals surface area contributed by atoms with E-state index in [0.717, 1.165) is 0 Å². The molecule has 0 aliphatic heterocycles. The van der Waals surface area contributed by atoms with Crippen LogP contribution in [0.4, 0.5) is 0 Å². The highest BCUT2D eigenvalue weighted by Crippen LogP contribution is 2.26. The molecule has 0 fully saturated rings. The molecule has 0 amide bonds. The number of aryl methyl sites for hydroxylation is 3. The largest absolute Gasteiger partial charge is 0.0683 e. The molecule has 106 valence electrons. The highest BCUT2D eigenvalue weighted by atomic mass is 14.1. The van der Waals surface area contributed by atoms with Crippen molar-refractivity contribution in [1.29, 1.82) is 0 Å². The van der Waals surface area contributed by atoms with Crippen LogP contribution in [-0.4, -0.2) is 0 Å². The zero-order chi connectivity index (χ0) is 14.7. The van der Waals surface area contributed by atoms with Crippen LogP contribution in [0.15, 0.2) is 12.1 Å². The van der Waals surface area contributed by atoms with Crippen LogP contribution in [0, 0.1) is 20.8 Å². The predicted octanol–water partition coefficient (Wildman–Crippen LogP) is 6.57. The molecule has 1 aromatic rings. The fourth-order valence-electron chi connectivity index (χ4n) is 2.17. The Bertz CT molecular complexity index is 287. The van der Waals surface area contributed by atoms with Crippen LogP contribution in [0.2, 0.25) is 0 Å². The summed E-state index contributed by atoms with van der Waals surface area (Å²) in [5.41, 5.74) is 5.83. The van der Waals surface area contributed by atoms with Crippen LogP contribution in [0.1, 0.15) is 82.6 Å². The maximum absolute atomic E-state index is 2.31. The topological polar surface area (TPSA) is 0 Å². The number of hydrogen-bond donors (Lipinski definition) is 0. The van der Waals surface area contributed by atoms with Crippen molar-refractivity contribution in [3.63, 3.8) is 0 Å². The molecule has 0 radical (unpaired) electrons. The summed E-state index contributed by atoms with van der Waals surface area (Å²) in [4.78, 5) is 0. The smallest absolute Gasteiger partial charge is 0.0188 e. The lowest BCUT2D eigenvalue weighted by molar-refractivity contribution is 0.722. The lowest BCUT2D eigenvalue weighted by Gasteiger charge is -2.16. The summed E-state index contributed by atoms with van der Waals surface area (Å²) in [5, 5.41) is 0. The third-order valence-electron chi connectivity index (χ3n) is 2.84. The van der Waals surface area contributed by atoms with E-state index < -0.39 is 0 Å². The van der Waals surface area contributed by atoms with E-state index in [0.29, 0.717) is 5.92 Å². The number of rotatable bonds is 2. The summed E-state index contributed by atoms with van der Waals surface area (Å²) >= 11 is 0. The molecule has 0 aliphatic carbocycles. The second-order valence-corrected chi connectivity index (χ2v) is 4.83. The first-order valence-electron chi connectivity index (χ1n) is 7.55. The van der Waals surface area contributed by atoms with Crippen molar-refractivity contribution in [2.24, 2.45) is 0 Å². The summed E-state index contributed by atoms with van der Waals surface area (Å²) in [7, 11) is 0. The average Bonchev–Trinajstić information content (AvgIpc) is 2.31. The first-order chi connectivity index (χ1) is 8.47. The van der Waals surface area contributed by atoms with Crippen molar-refractivity contribution in [1.82, 2.24) is 0 Å². The van der Waals surface area contributed by atoms with E-state index in [1.54, 1.807) is 5.56 Å². The minimum Gasteiger partial charge on any atom is -0.0683 e. The molecule has 0 heterocycles. The number of benzene rings is 1. The van der Waals surface area contributed by atoms with Crippen LogP contribution in [0.25, 0.3) is 0 Å². The van der Waals surface area contributed by atoms with Crippen LogP contribution in [-0.2, 0) is 0 Å². The molecule has 0 heteroatoms. The van der Waals surface area contributed by atoms with Crippen LogP contribution in [0.5, 0.6) is 0 Å². The molecule has 0 aromatic heterocycles. The van der Waals surface area contributed by atoms with Crippen molar-refractivity contribution in [3.05, 3.63) is 34.4 Å². The van der Waals surface area contributed by atoms with E-state index in [2.05, 4.69) is 60.6 Å². The molecule has 0 bridgehead atoms. The Morgan fingerprint density at radius 3 is 1.50 bits per heavy atom. The minimum atomic E-state index is 0.695. The quantitative estimate of drug-likeness (QED) is 0.557. The van der Waals surface area contributed by atoms with Gasteiger partial charge in [0.15, 0.2) is 0 Å². The maximum Gasteiger partial charge on any atom is -0.0188 e. The molecule has 1 aromatic carbocycles. The van der Waals surface area contributed by atoms with Crippen LogP contribution < -0.4 is 0 Å². The first kappa shape index (κ1) is 19.6. The molecule has 1 atom stereocenters. The highest BCUT2D eigenvalue weighted by molar-refractivity contribution is 5.39. The van der Waals surface area contributed by atoms with Gasteiger partial charge in [-0.25, -0.2) is 0 Å². The van der Waals surface area contributed by atoms with Crippen LogP contribution >= 0.6 is 0 Å². The number of hydrogen-bond acceptors (Lipinski definition) is 0. The lowest BCUT2D eigenvalue weighted by atomic mass is 9.89. The van der Waals surface area contributed by atoms with Gasteiger partial charge in [-0.3, -0.25) is 0 Å². The molecule has 18 heavy (non-hydrogen) atoms. The summed E-state index contributed by atoms with van der Waals surface area (Å²) in [6.45, 7) is 19.4. The van der Waals surface area contributed by atoms with Crippen molar-refractivity contribution < 1.29 is 0 Å². The molecular weight excluding hydrogens is 216 g/mol. The zero-order valence-corrected chi connectivity index (χ0v) is 14.1. The standard InChI is InChI=1S/C13H20.C3H8.C2H6/c1-6-10(3)13-11(4)7-9(2)8-12(13)5;1-3-2;1-2/h7-8,10H,6H2,1-5H3;3H2,1-2H3;1-2H3. The molecule has 1 rings (SSSR count). The van der Waals surface area contributed by atoms with Gasteiger partial charge in [-0.15, -0.1) is 0 Å². The van der Waals surface area contributed by atoms with Gasteiger partial charge in [0, 0.05) is 0 Å². The molecular formula is C18H34. The van der Waals surface area contributed by atoms with Crippen LogP contribution in [0.3, 0.4) is 0 Å². The fraction of sp³-hybridized carbons (Fsp3) is 0.667. The van der Waals surface area contributed by atoms with Gasteiger partial charge in [-0.2, -0.15) is 0 Å². The van der Waals surface area contributed by atoms with Gasteiger partial charge in [0.05, 0.1) is 0 Å². The molecule has 1 unspecified atom stereocenters. The Hall–Kier alpha value is -0.780. The predicted molar refractivity (Wildman–Crippen MR) is 86.7 cm³/mol. The summed E-state index contributed by atoms with van der Waals surface area (Å²) in [5.74, 6) is 0.695. The summed E-state index contributed by atoms with van der Waals surface area (Å²) in [6.07, 6.45) is 2.48. The fourth-order valence-corrected chi connectivity index (χ4v) is 2.17. The molecule has 0 spiro atoms. The van der Waals surface area contributed by atoms with E-state index in [9.17, 15) is 0 Å². The Labute approximate surface area is 116 Å². The van der Waals surface area contributed by atoms with Crippen molar-refractivity contribution in [2.45, 2.75) is 81.1 Å². The minimum absolute atomic E-state index is 0.695. The highest BCUT2D eigenvalue weighted by Gasteiger charge is 2.09. The summed E-state index contributed by atoms with van der Waals surface area (Å²) in [6, 6.07) is 4.57. The van der Waals surface area contributed by atoms with Gasteiger partial charge in [0.25, 0.3) is 0 Å². The Kier molecular flexibility index (Phi) is 12.3. The van der Waals surface area contributed by atoms with Gasteiger partial charge in [0.1, 0.15) is 0 Å².